The van der Waals surface area contributed by atoms with Crippen molar-refractivity contribution in [1.29, 1.82) is 0 Å². The first-order valence-corrected chi connectivity index (χ1v) is 20.6. The maximum Gasteiger partial charge on any atom is -0.000717 e. The number of fused-ring (bicyclic) bond motifs is 8. The van der Waals surface area contributed by atoms with Crippen LogP contribution in [0.1, 0.15) is 22.3 Å². The third kappa shape index (κ3) is 4.19. The summed E-state index contributed by atoms with van der Waals surface area (Å²) in [7, 11) is 0. The molecule has 0 aliphatic carbocycles. The molecule has 13 rings (SSSR count). The smallest absolute Gasteiger partial charge is 0.000717 e. The predicted octanol–water partition coefficient (Wildman–Crippen LogP) is 16.6. The van der Waals surface area contributed by atoms with E-state index in [1.165, 1.54) is 153 Å². The highest BCUT2D eigenvalue weighted by Crippen LogP contribution is 2.56. The van der Waals surface area contributed by atoms with Crippen LogP contribution < -0.4 is 0 Å². The van der Waals surface area contributed by atoms with E-state index in [2.05, 4.69) is 185 Å². The summed E-state index contributed by atoms with van der Waals surface area (Å²) in [6.45, 7) is 9.00. The average Bonchev–Trinajstić information content (AvgIpc) is 3.73. The minimum atomic E-state index is 1.24. The standard InChI is InChI=1S/C58H38/c1-31-21-32(2)24-39(23-31)51-49-30-47-43-14-9-8-13-42(43)44-15-10-16-45(54(44)47)55(49)53(40-25-33(3)22-34(4)26-40)57-46-20-19-36-17-18-37-27-38(35-11-6-5-7-12-35)28-41-29-48(58(51)57)56(46)52(36)50(37)41/h5-30H,1-4H3. The fourth-order valence-corrected chi connectivity index (χ4v) is 11.4. The zero-order valence-electron chi connectivity index (χ0n) is 33.0. The van der Waals surface area contributed by atoms with Crippen molar-refractivity contribution in [2.45, 2.75) is 27.7 Å². The van der Waals surface area contributed by atoms with Crippen LogP contribution in [0, 0.1) is 27.7 Å². The van der Waals surface area contributed by atoms with Crippen LogP contribution in [0.15, 0.2) is 158 Å². The molecule has 0 bridgehead atoms. The quantitative estimate of drug-likeness (QED) is 0.159. The Labute approximate surface area is 336 Å². The summed E-state index contributed by atoms with van der Waals surface area (Å²) in [4.78, 5) is 0. The third-order valence-corrected chi connectivity index (χ3v) is 13.3. The van der Waals surface area contributed by atoms with E-state index in [0.717, 1.165) is 0 Å². The first kappa shape index (κ1) is 32.1. The summed E-state index contributed by atoms with van der Waals surface area (Å²) in [6, 6.07) is 60.7. The highest BCUT2D eigenvalue weighted by molar-refractivity contribution is 6.47. The largest absolute Gasteiger partial charge is 0.0622 e. The molecule has 0 aliphatic heterocycles. The van der Waals surface area contributed by atoms with Gasteiger partial charge >= 0.3 is 0 Å². The van der Waals surface area contributed by atoms with E-state index in [1.807, 2.05) is 0 Å². The van der Waals surface area contributed by atoms with Crippen LogP contribution in [-0.4, -0.2) is 0 Å². The van der Waals surface area contributed by atoms with Gasteiger partial charge < -0.3 is 0 Å². The van der Waals surface area contributed by atoms with Crippen molar-refractivity contribution >= 4 is 97.0 Å². The van der Waals surface area contributed by atoms with Gasteiger partial charge in [-0.25, -0.2) is 0 Å². The Kier molecular flexibility index (Phi) is 6.26. The van der Waals surface area contributed by atoms with Crippen molar-refractivity contribution in [3.8, 4) is 33.4 Å². The second-order valence-electron chi connectivity index (χ2n) is 17.1. The molecule has 0 fully saturated rings. The highest BCUT2D eigenvalue weighted by atomic mass is 14.3. The lowest BCUT2D eigenvalue weighted by atomic mass is 9.83. The van der Waals surface area contributed by atoms with Gasteiger partial charge in [0, 0.05) is 0 Å². The molecule has 0 heterocycles. The third-order valence-electron chi connectivity index (χ3n) is 13.3. The van der Waals surface area contributed by atoms with Gasteiger partial charge in [-0.05, 0) is 182 Å². The summed E-state index contributed by atoms with van der Waals surface area (Å²) in [5, 5.41) is 24.1. The molecule has 58 heavy (non-hydrogen) atoms. The summed E-state index contributed by atoms with van der Waals surface area (Å²) in [5.41, 5.74) is 12.9. The lowest BCUT2D eigenvalue weighted by Gasteiger charge is -2.20. The van der Waals surface area contributed by atoms with Gasteiger partial charge in [0.05, 0.1) is 0 Å². The molecule has 0 spiro atoms. The fraction of sp³-hybridized carbons (Fsp3) is 0.0690. The molecule has 0 N–H and O–H groups in total. The Hall–Kier alpha value is -7.02. The zero-order chi connectivity index (χ0) is 38.6. The molecule has 0 amide bonds. The average molecular weight is 735 g/mol. The molecule has 0 saturated heterocycles. The molecular formula is C58H38. The minimum Gasteiger partial charge on any atom is -0.0622 e. The molecule has 270 valence electrons. The van der Waals surface area contributed by atoms with Crippen molar-refractivity contribution in [2.24, 2.45) is 0 Å². The van der Waals surface area contributed by atoms with Crippen molar-refractivity contribution in [2.75, 3.05) is 0 Å². The normalized spacial score (nSPS) is 12.5. The van der Waals surface area contributed by atoms with Gasteiger partial charge in [0.25, 0.3) is 0 Å². The number of hydrogen-bond donors (Lipinski definition) is 0. The molecule has 0 unspecified atom stereocenters. The van der Waals surface area contributed by atoms with Crippen LogP contribution in [-0.2, 0) is 0 Å². The van der Waals surface area contributed by atoms with E-state index >= 15 is 0 Å². The van der Waals surface area contributed by atoms with E-state index < -0.39 is 0 Å². The van der Waals surface area contributed by atoms with E-state index in [9.17, 15) is 0 Å². The van der Waals surface area contributed by atoms with Crippen molar-refractivity contribution in [1.82, 2.24) is 0 Å². The van der Waals surface area contributed by atoms with Gasteiger partial charge in [0.2, 0.25) is 0 Å². The number of benzene rings is 11. The van der Waals surface area contributed by atoms with Crippen molar-refractivity contribution in [3.05, 3.63) is 180 Å². The number of rotatable bonds is 3. The zero-order valence-corrected chi connectivity index (χ0v) is 33.0. The fourth-order valence-electron chi connectivity index (χ4n) is 11.4. The summed E-state index contributed by atoms with van der Waals surface area (Å²) >= 11 is 0. The second kappa shape index (κ2) is 11.3. The monoisotopic (exact) mass is 734 g/mol. The number of hydrogen-bond acceptors (Lipinski definition) is 0. The Morgan fingerprint density at radius 1 is 0.224 bits per heavy atom. The van der Waals surface area contributed by atoms with Crippen molar-refractivity contribution in [3.63, 3.8) is 0 Å². The molecule has 0 nitrogen and oxygen atoms in total. The molecule has 0 saturated carbocycles. The SMILES string of the molecule is Cc1cc(C)cc(-c2c3cc4c5ccccc5c5cccc(c3c(-c3cc(C)cc(C)c3)c3c6ccc7ccc8cc(-c9ccccc9)cc9cc(c23)c6c7c89)c54)c1. The first-order valence-electron chi connectivity index (χ1n) is 20.6. The van der Waals surface area contributed by atoms with Gasteiger partial charge in [-0.3, -0.25) is 0 Å². The van der Waals surface area contributed by atoms with Gasteiger partial charge in [0.15, 0.2) is 0 Å². The molecule has 13 aromatic carbocycles. The van der Waals surface area contributed by atoms with E-state index in [-0.39, 0.29) is 0 Å². The minimum absolute atomic E-state index is 1.24. The molecule has 0 atom stereocenters. The molecular weight excluding hydrogens is 697 g/mol. The lowest BCUT2D eigenvalue weighted by molar-refractivity contribution is 1.39. The van der Waals surface area contributed by atoms with Crippen LogP contribution in [0.2, 0.25) is 0 Å². The Morgan fingerprint density at radius 2 is 0.793 bits per heavy atom. The van der Waals surface area contributed by atoms with Crippen LogP contribution in [0.5, 0.6) is 0 Å². The Bertz CT molecular complexity index is 3820. The summed E-state index contributed by atoms with van der Waals surface area (Å²) in [6.07, 6.45) is 0. The van der Waals surface area contributed by atoms with Crippen LogP contribution >= 0.6 is 0 Å². The lowest BCUT2D eigenvalue weighted by Crippen LogP contribution is -1.93. The second-order valence-corrected chi connectivity index (χ2v) is 17.1. The van der Waals surface area contributed by atoms with Crippen molar-refractivity contribution < 1.29 is 0 Å². The van der Waals surface area contributed by atoms with Gasteiger partial charge in [0.1, 0.15) is 0 Å². The molecule has 13 aromatic rings. The van der Waals surface area contributed by atoms with Gasteiger partial charge in [-0.15, -0.1) is 0 Å². The maximum absolute atomic E-state index is 2.57. The Morgan fingerprint density at radius 3 is 1.53 bits per heavy atom. The van der Waals surface area contributed by atoms with Gasteiger partial charge in [-0.2, -0.15) is 0 Å². The first-order chi connectivity index (χ1) is 28.4. The van der Waals surface area contributed by atoms with E-state index in [1.54, 1.807) is 0 Å². The Balaban J connectivity index is 1.36. The molecule has 0 aromatic heterocycles. The summed E-state index contributed by atoms with van der Waals surface area (Å²) in [5.74, 6) is 0. The molecule has 0 radical (unpaired) electrons. The van der Waals surface area contributed by atoms with Gasteiger partial charge in [-0.1, -0.05) is 156 Å². The van der Waals surface area contributed by atoms with Crippen LogP contribution in [0.4, 0.5) is 0 Å². The van der Waals surface area contributed by atoms with Crippen LogP contribution in [0.3, 0.4) is 0 Å². The number of aryl methyl sites for hydroxylation is 4. The van der Waals surface area contributed by atoms with E-state index in [4.69, 9.17) is 0 Å². The molecule has 0 aliphatic rings. The maximum atomic E-state index is 2.57. The molecule has 0 heteroatoms. The highest BCUT2D eigenvalue weighted by Gasteiger charge is 2.28. The van der Waals surface area contributed by atoms with Crippen LogP contribution in [0.25, 0.3) is 130 Å². The van der Waals surface area contributed by atoms with E-state index in [0.29, 0.717) is 0 Å². The predicted molar refractivity (Wildman–Crippen MR) is 253 cm³/mol. The topological polar surface area (TPSA) is 0 Å². The summed E-state index contributed by atoms with van der Waals surface area (Å²) < 4.78 is 0.